The van der Waals surface area contributed by atoms with E-state index in [9.17, 15) is 13.2 Å². The molecular weight excluding hydrogens is 516 g/mol. The Balaban J connectivity index is 0.00000450. The molecule has 0 saturated heterocycles. The second-order valence-electron chi connectivity index (χ2n) is 5.79. The monoisotopic (exact) mass is 540 g/mol. The number of nitrogens with one attached hydrogen (secondary N) is 2. The zero-order chi connectivity index (χ0) is 21.1. The fraction of sp³-hybridized carbons (Fsp3) is 0.368. The molecule has 0 aliphatic carbocycles. The van der Waals surface area contributed by atoms with Crippen LogP contribution in [0.4, 0.5) is 13.2 Å². The van der Waals surface area contributed by atoms with Crippen LogP contribution in [-0.2, 0) is 6.54 Å². The van der Waals surface area contributed by atoms with Crippen LogP contribution in [0.1, 0.15) is 5.56 Å². The first-order chi connectivity index (χ1) is 13.9. The predicted molar refractivity (Wildman–Crippen MR) is 118 cm³/mol. The first kappa shape index (κ1) is 25.6. The number of methoxy groups -OCH3 is 1. The standard InChI is InChI=1S/C19H23F3N4O3.HI/c1-23-18(24-9-10-28-16-6-4-15(27-2)5-7-16)26-12-14-3-8-17(25-11-14)29-13-19(20,21)22;/h3-8,11H,9-10,12-13H2,1-2H3,(H2,23,24,26);1H. The third kappa shape index (κ3) is 9.85. The molecule has 1 aromatic heterocycles. The number of aromatic nitrogens is 1. The van der Waals surface area contributed by atoms with Gasteiger partial charge < -0.3 is 24.8 Å². The molecule has 0 spiro atoms. The summed E-state index contributed by atoms with van der Waals surface area (Å²) in [5.74, 6) is 1.97. The van der Waals surface area contributed by atoms with Crippen molar-refractivity contribution >= 4 is 29.9 Å². The summed E-state index contributed by atoms with van der Waals surface area (Å²) < 4.78 is 51.7. The van der Waals surface area contributed by atoms with Crippen LogP contribution in [0.25, 0.3) is 0 Å². The zero-order valence-corrected chi connectivity index (χ0v) is 18.9. The molecule has 2 rings (SSSR count). The van der Waals surface area contributed by atoms with Crippen LogP contribution in [0.5, 0.6) is 17.4 Å². The summed E-state index contributed by atoms with van der Waals surface area (Å²) in [6.45, 7) is -0.0215. The van der Waals surface area contributed by atoms with Gasteiger partial charge in [-0.3, -0.25) is 4.99 Å². The summed E-state index contributed by atoms with van der Waals surface area (Å²) in [5, 5.41) is 6.18. The van der Waals surface area contributed by atoms with E-state index < -0.39 is 12.8 Å². The van der Waals surface area contributed by atoms with Crippen molar-refractivity contribution in [3.8, 4) is 17.4 Å². The van der Waals surface area contributed by atoms with E-state index in [4.69, 9.17) is 9.47 Å². The molecule has 2 aromatic rings. The molecule has 2 N–H and O–H groups in total. The maximum atomic E-state index is 12.1. The molecule has 0 saturated carbocycles. The number of ether oxygens (including phenoxy) is 3. The van der Waals surface area contributed by atoms with Crippen LogP contribution in [0.15, 0.2) is 47.6 Å². The number of pyridine rings is 1. The molecule has 0 amide bonds. The maximum Gasteiger partial charge on any atom is 0.422 e. The largest absolute Gasteiger partial charge is 0.497 e. The summed E-state index contributed by atoms with van der Waals surface area (Å²) in [4.78, 5) is 7.95. The number of guanidine groups is 1. The molecule has 166 valence electrons. The van der Waals surface area contributed by atoms with Gasteiger partial charge in [-0.25, -0.2) is 4.98 Å². The lowest BCUT2D eigenvalue weighted by Crippen LogP contribution is -2.38. The highest BCUT2D eigenvalue weighted by molar-refractivity contribution is 14.0. The van der Waals surface area contributed by atoms with Gasteiger partial charge in [-0.2, -0.15) is 13.2 Å². The minimum absolute atomic E-state index is 0. The van der Waals surface area contributed by atoms with Crippen LogP contribution in [0, 0.1) is 0 Å². The van der Waals surface area contributed by atoms with E-state index in [1.165, 1.54) is 12.3 Å². The highest BCUT2D eigenvalue weighted by atomic mass is 127. The summed E-state index contributed by atoms with van der Waals surface area (Å²) in [5.41, 5.74) is 0.766. The predicted octanol–water partition coefficient (Wildman–Crippen LogP) is 3.39. The third-order valence-electron chi connectivity index (χ3n) is 3.59. The van der Waals surface area contributed by atoms with E-state index in [2.05, 4.69) is 25.3 Å². The minimum atomic E-state index is -4.39. The summed E-state index contributed by atoms with van der Waals surface area (Å²) in [6, 6.07) is 10.3. The molecule has 0 radical (unpaired) electrons. The number of halogens is 4. The molecule has 0 aliphatic rings. The van der Waals surface area contributed by atoms with Crippen molar-refractivity contribution < 1.29 is 27.4 Å². The lowest BCUT2D eigenvalue weighted by Gasteiger charge is -2.13. The van der Waals surface area contributed by atoms with Gasteiger partial charge in [0.25, 0.3) is 0 Å². The number of hydrogen-bond donors (Lipinski definition) is 2. The highest BCUT2D eigenvalue weighted by Gasteiger charge is 2.28. The minimum Gasteiger partial charge on any atom is -0.497 e. The van der Waals surface area contributed by atoms with Gasteiger partial charge >= 0.3 is 6.18 Å². The number of rotatable bonds is 9. The molecule has 11 heteroatoms. The van der Waals surface area contributed by atoms with E-state index in [-0.39, 0.29) is 29.9 Å². The second kappa shape index (κ2) is 13.0. The Morgan fingerprint density at radius 2 is 1.73 bits per heavy atom. The number of nitrogens with zero attached hydrogens (tertiary/aromatic N) is 2. The van der Waals surface area contributed by atoms with Gasteiger partial charge in [-0.05, 0) is 29.8 Å². The van der Waals surface area contributed by atoms with Gasteiger partial charge in [0.05, 0.1) is 13.7 Å². The summed E-state index contributed by atoms with van der Waals surface area (Å²) in [6.07, 6.45) is -2.95. The van der Waals surface area contributed by atoms with Crippen LogP contribution in [0.2, 0.25) is 0 Å². The molecular formula is C19H24F3IN4O3. The molecule has 0 fully saturated rings. The van der Waals surface area contributed by atoms with Gasteiger partial charge in [-0.15, -0.1) is 24.0 Å². The van der Waals surface area contributed by atoms with Crippen molar-refractivity contribution in [2.45, 2.75) is 12.7 Å². The van der Waals surface area contributed by atoms with Crippen molar-refractivity contribution in [3.05, 3.63) is 48.2 Å². The van der Waals surface area contributed by atoms with Gasteiger partial charge in [0.2, 0.25) is 5.88 Å². The fourth-order valence-electron chi connectivity index (χ4n) is 2.17. The highest BCUT2D eigenvalue weighted by Crippen LogP contribution is 2.17. The van der Waals surface area contributed by atoms with E-state index >= 15 is 0 Å². The molecule has 1 aromatic carbocycles. The van der Waals surface area contributed by atoms with E-state index in [0.29, 0.717) is 25.7 Å². The molecule has 0 atom stereocenters. The van der Waals surface area contributed by atoms with Crippen LogP contribution in [-0.4, -0.2) is 51.0 Å². The Labute approximate surface area is 190 Å². The molecule has 0 aliphatic heterocycles. The van der Waals surface area contributed by atoms with Crippen molar-refractivity contribution in [2.24, 2.45) is 4.99 Å². The molecule has 0 unspecified atom stereocenters. The number of alkyl halides is 3. The molecule has 30 heavy (non-hydrogen) atoms. The lowest BCUT2D eigenvalue weighted by atomic mass is 10.3. The smallest absolute Gasteiger partial charge is 0.422 e. The lowest BCUT2D eigenvalue weighted by molar-refractivity contribution is -0.154. The third-order valence-corrected chi connectivity index (χ3v) is 3.59. The average Bonchev–Trinajstić information content (AvgIpc) is 2.72. The number of benzene rings is 1. The normalized spacial score (nSPS) is 11.3. The second-order valence-corrected chi connectivity index (χ2v) is 5.79. The Morgan fingerprint density at radius 1 is 1.03 bits per heavy atom. The molecule has 7 nitrogen and oxygen atoms in total. The average molecular weight is 540 g/mol. The number of hydrogen-bond acceptors (Lipinski definition) is 5. The summed E-state index contributed by atoms with van der Waals surface area (Å²) >= 11 is 0. The molecule has 0 bridgehead atoms. The SMILES string of the molecule is CN=C(NCCOc1ccc(OC)cc1)NCc1ccc(OCC(F)(F)F)nc1.I. The molecule has 1 heterocycles. The Kier molecular flexibility index (Phi) is 11.1. The number of aliphatic imine (C=N–C) groups is 1. The van der Waals surface area contributed by atoms with Gasteiger partial charge in [0, 0.05) is 25.9 Å². The zero-order valence-electron chi connectivity index (χ0n) is 16.5. The van der Waals surface area contributed by atoms with Gasteiger partial charge in [-0.1, -0.05) is 6.07 Å². The van der Waals surface area contributed by atoms with E-state index in [1.54, 1.807) is 20.2 Å². The van der Waals surface area contributed by atoms with Crippen LogP contribution < -0.4 is 24.8 Å². The quantitative estimate of drug-likeness (QED) is 0.220. The Morgan fingerprint density at radius 3 is 2.30 bits per heavy atom. The maximum absolute atomic E-state index is 12.1. The first-order valence-electron chi connectivity index (χ1n) is 8.75. The Hall–Kier alpha value is -2.44. The van der Waals surface area contributed by atoms with Crippen molar-refractivity contribution in [1.29, 1.82) is 0 Å². The van der Waals surface area contributed by atoms with E-state index in [1.807, 2.05) is 24.3 Å². The van der Waals surface area contributed by atoms with Gasteiger partial charge in [0.1, 0.15) is 18.1 Å². The van der Waals surface area contributed by atoms with Crippen molar-refractivity contribution in [2.75, 3.05) is 33.9 Å². The van der Waals surface area contributed by atoms with Gasteiger partial charge in [0.15, 0.2) is 12.6 Å². The first-order valence-corrected chi connectivity index (χ1v) is 8.75. The van der Waals surface area contributed by atoms with Crippen molar-refractivity contribution in [1.82, 2.24) is 15.6 Å². The fourth-order valence-corrected chi connectivity index (χ4v) is 2.17. The Bertz CT molecular complexity index is 772. The van der Waals surface area contributed by atoms with Crippen molar-refractivity contribution in [3.63, 3.8) is 0 Å². The van der Waals surface area contributed by atoms with Crippen LogP contribution >= 0.6 is 24.0 Å². The van der Waals surface area contributed by atoms with E-state index in [0.717, 1.165) is 17.1 Å². The van der Waals surface area contributed by atoms with Crippen LogP contribution in [0.3, 0.4) is 0 Å². The topological polar surface area (TPSA) is 77.0 Å². The summed E-state index contributed by atoms with van der Waals surface area (Å²) in [7, 11) is 3.23.